The summed E-state index contributed by atoms with van der Waals surface area (Å²) in [5, 5.41) is 0. The molecule has 0 aliphatic carbocycles. The lowest BCUT2D eigenvalue weighted by atomic mass is 9.94. The van der Waals surface area contributed by atoms with Gasteiger partial charge in [-0.25, -0.2) is 0 Å². The smallest absolute Gasteiger partial charge is 0.236 e. The van der Waals surface area contributed by atoms with E-state index in [0.29, 0.717) is 19.6 Å². The van der Waals surface area contributed by atoms with E-state index >= 15 is 0 Å². The molecule has 0 bridgehead atoms. The molecule has 1 aliphatic rings. The Morgan fingerprint density at radius 3 is 2.07 bits per heavy atom. The molecule has 2 rings (SSSR count). The van der Waals surface area contributed by atoms with Crippen molar-refractivity contribution in [3.63, 3.8) is 0 Å². The van der Waals surface area contributed by atoms with Crippen LogP contribution in [0.15, 0.2) is 30.3 Å². The number of nitrogens with two attached hydrogens (primary N) is 1. The molecule has 0 radical (unpaired) electrons. The van der Waals surface area contributed by atoms with Gasteiger partial charge in [0.05, 0.1) is 12.5 Å². The number of likely N-dealkylation sites (N-methyl/N-ethyl adjacent to an activating group) is 1. The van der Waals surface area contributed by atoms with Crippen molar-refractivity contribution in [2.75, 3.05) is 45.8 Å². The summed E-state index contributed by atoms with van der Waals surface area (Å²) in [6.07, 6.45) is 0. The number of amides is 2. The fourth-order valence-corrected chi connectivity index (χ4v) is 3.40. The Morgan fingerprint density at radius 2 is 1.57 bits per heavy atom. The first-order valence-electron chi connectivity index (χ1n) is 9.57. The molecule has 160 valence electrons. The lowest BCUT2D eigenvalue weighted by Crippen LogP contribution is -2.53. The number of hydrogen-bond acceptors (Lipinski definition) is 4. The fourth-order valence-electron chi connectivity index (χ4n) is 3.40. The summed E-state index contributed by atoms with van der Waals surface area (Å²) < 4.78 is 0. The van der Waals surface area contributed by atoms with Gasteiger partial charge < -0.3 is 15.5 Å². The summed E-state index contributed by atoms with van der Waals surface area (Å²) in [7, 11) is 0. The van der Waals surface area contributed by atoms with E-state index in [9.17, 15) is 9.59 Å². The van der Waals surface area contributed by atoms with Crippen LogP contribution < -0.4 is 5.73 Å². The Kier molecular flexibility index (Phi) is 12.4. The molecule has 2 N–H and O–H groups in total. The Bertz CT molecular complexity index is 591. The minimum Gasteiger partial charge on any atom is -0.342 e. The van der Waals surface area contributed by atoms with Crippen LogP contribution in [0.3, 0.4) is 0 Å². The maximum absolute atomic E-state index is 12.8. The highest BCUT2D eigenvalue weighted by molar-refractivity contribution is 5.85. The molecule has 1 heterocycles. The number of carbonyl (C=O) groups excluding carboxylic acids is 2. The molecule has 2 unspecified atom stereocenters. The third-order valence-electron chi connectivity index (χ3n) is 5.27. The molecule has 28 heavy (non-hydrogen) atoms. The predicted molar refractivity (Wildman–Crippen MR) is 118 cm³/mol. The second-order valence-electron chi connectivity index (χ2n) is 6.89. The molecule has 8 heteroatoms. The zero-order valence-electron chi connectivity index (χ0n) is 17.0. The maximum atomic E-state index is 12.8. The van der Waals surface area contributed by atoms with Crippen molar-refractivity contribution in [2.24, 2.45) is 11.7 Å². The number of hydrogen-bond donors (Lipinski definition) is 1. The van der Waals surface area contributed by atoms with Crippen LogP contribution in [0.2, 0.25) is 0 Å². The van der Waals surface area contributed by atoms with Crippen LogP contribution in [-0.4, -0.2) is 72.3 Å². The van der Waals surface area contributed by atoms with Crippen molar-refractivity contribution in [3.05, 3.63) is 35.9 Å². The van der Waals surface area contributed by atoms with E-state index in [4.69, 9.17) is 5.73 Å². The lowest BCUT2D eigenvalue weighted by Gasteiger charge is -2.37. The third kappa shape index (κ3) is 6.92. The minimum absolute atomic E-state index is 0. The first kappa shape index (κ1) is 26.7. The topological polar surface area (TPSA) is 69.9 Å². The highest BCUT2D eigenvalue weighted by Crippen LogP contribution is 2.21. The number of benzene rings is 1. The molecule has 1 fully saturated rings. The van der Waals surface area contributed by atoms with Crippen LogP contribution in [0.5, 0.6) is 0 Å². The summed E-state index contributed by atoms with van der Waals surface area (Å²) >= 11 is 0. The van der Waals surface area contributed by atoms with E-state index in [-0.39, 0.29) is 48.6 Å². The molecule has 6 nitrogen and oxygen atoms in total. The number of carbonyl (C=O) groups is 2. The molecule has 0 spiro atoms. The van der Waals surface area contributed by atoms with Crippen LogP contribution in [0.25, 0.3) is 0 Å². The molecular weight excluding hydrogens is 399 g/mol. The minimum atomic E-state index is -0.300. The Balaban J connectivity index is 0.00000364. The van der Waals surface area contributed by atoms with Gasteiger partial charge in [0, 0.05) is 45.3 Å². The zero-order chi connectivity index (χ0) is 19.1. The largest absolute Gasteiger partial charge is 0.342 e. The van der Waals surface area contributed by atoms with Crippen molar-refractivity contribution < 1.29 is 9.59 Å². The van der Waals surface area contributed by atoms with E-state index in [2.05, 4.69) is 4.90 Å². The van der Waals surface area contributed by atoms with Crippen molar-refractivity contribution >= 4 is 36.6 Å². The van der Waals surface area contributed by atoms with Gasteiger partial charge in [0.2, 0.25) is 11.8 Å². The van der Waals surface area contributed by atoms with Crippen LogP contribution in [0, 0.1) is 5.92 Å². The van der Waals surface area contributed by atoms with E-state index < -0.39 is 0 Å². The van der Waals surface area contributed by atoms with Gasteiger partial charge >= 0.3 is 0 Å². The van der Waals surface area contributed by atoms with Gasteiger partial charge in [-0.15, -0.1) is 24.8 Å². The van der Waals surface area contributed by atoms with Gasteiger partial charge in [-0.1, -0.05) is 37.3 Å². The molecule has 0 saturated carbocycles. The van der Waals surface area contributed by atoms with Gasteiger partial charge in [-0.05, 0) is 19.4 Å². The maximum Gasteiger partial charge on any atom is 0.236 e. The van der Waals surface area contributed by atoms with Crippen LogP contribution in [-0.2, 0) is 9.59 Å². The summed E-state index contributed by atoms with van der Waals surface area (Å²) in [5.41, 5.74) is 7.28. The van der Waals surface area contributed by atoms with Gasteiger partial charge in [0.25, 0.3) is 0 Å². The van der Waals surface area contributed by atoms with E-state index in [1.807, 2.05) is 60.9 Å². The van der Waals surface area contributed by atoms with Gasteiger partial charge in [-0.2, -0.15) is 0 Å². The van der Waals surface area contributed by atoms with Gasteiger partial charge in [0.15, 0.2) is 0 Å². The number of rotatable bonds is 7. The highest BCUT2D eigenvalue weighted by Gasteiger charge is 2.29. The Hall–Kier alpha value is -1.34. The standard InChI is InChI=1S/C20H32N4O2.2ClH/c1-4-23(5-2)18(25)15-22-11-13-24(14-12-22)20(26)16(3)19(21)17-9-7-6-8-10-17;;/h6-10,16,19H,4-5,11-15,21H2,1-3H3;2*1H. The number of nitrogens with zero attached hydrogens (tertiary/aromatic N) is 3. The number of halogens is 2. The molecule has 1 saturated heterocycles. The molecule has 1 aliphatic heterocycles. The van der Waals surface area contributed by atoms with Crippen molar-refractivity contribution in [1.29, 1.82) is 0 Å². The SMILES string of the molecule is CCN(CC)C(=O)CN1CCN(C(=O)C(C)C(N)c2ccccc2)CC1.Cl.Cl. The van der Waals surface area contributed by atoms with Crippen LogP contribution in [0.4, 0.5) is 0 Å². The second-order valence-corrected chi connectivity index (χ2v) is 6.89. The van der Waals surface area contributed by atoms with Crippen LogP contribution in [0.1, 0.15) is 32.4 Å². The molecular formula is C20H34Cl2N4O2. The average molecular weight is 433 g/mol. The summed E-state index contributed by atoms with van der Waals surface area (Å²) in [6.45, 7) is 10.6. The summed E-state index contributed by atoms with van der Waals surface area (Å²) in [6, 6.07) is 9.46. The average Bonchev–Trinajstić information content (AvgIpc) is 2.68. The second kappa shape index (κ2) is 13.0. The van der Waals surface area contributed by atoms with Gasteiger partial charge in [0.1, 0.15) is 0 Å². The van der Waals surface area contributed by atoms with Crippen molar-refractivity contribution in [1.82, 2.24) is 14.7 Å². The molecule has 1 aromatic carbocycles. The lowest BCUT2D eigenvalue weighted by molar-refractivity contribution is -0.138. The monoisotopic (exact) mass is 432 g/mol. The predicted octanol–water partition coefficient (Wildman–Crippen LogP) is 2.18. The first-order valence-corrected chi connectivity index (χ1v) is 9.57. The van der Waals surface area contributed by atoms with Crippen LogP contribution >= 0.6 is 24.8 Å². The number of piperazine rings is 1. The normalized spacial score (nSPS) is 16.4. The fraction of sp³-hybridized carbons (Fsp3) is 0.600. The van der Waals surface area contributed by atoms with E-state index in [0.717, 1.165) is 31.7 Å². The van der Waals surface area contributed by atoms with Crippen molar-refractivity contribution in [3.8, 4) is 0 Å². The molecule has 2 atom stereocenters. The van der Waals surface area contributed by atoms with Gasteiger partial charge in [-0.3, -0.25) is 14.5 Å². The molecule has 2 amide bonds. The molecule has 0 aromatic heterocycles. The molecule has 1 aromatic rings. The zero-order valence-corrected chi connectivity index (χ0v) is 18.7. The summed E-state index contributed by atoms with van der Waals surface area (Å²) in [5.74, 6) is -0.00780. The summed E-state index contributed by atoms with van der Waals surface area (Å²) in [4.78, 5) is 30.9. The highest BCUT2D eigenvalue weighted by atomic mass is 35.5. The Morgan fingerprint density at radius 1 is 1.04 bits per heavy atom. The first-order chi connectivity index (χ1) is 12.5. The Labute approximate surface area is 181 Å². The van der Waals surface area contributed by atoms with Crippen molar-refractivity contribution in [2.45, 2.75) is 26.8 Å². The van der Waals surface area contributed by atoms with E-state index in [1.165, 1.54) is 0 Å². The quantitative estimate of drug-likeness (QED) is 0.716. The van der Waals surface area contributed by atoms with E-state index in [1.54, 1.807) is 0 Å². The third-order valence-corrected chi connectivity index (χ3v) is 5.27.